The molecule has 3 aromatic rings. The van der Waals surface area contributed by atoms with Gasteiger partial charge in [0.15, 0.2) is 11.5 Å². The minimum atomic E-state index is -2.80. The lowest BCUT2D eigenvalue weighted by atomic mass is 10.1. The van der Waals surface area contributed by atoms with E-state index in [1.54, 1.807) is 12.4 Å². The van der Waals surface area contributed by atoms with Crippen molar-refractivity contribution in [2.75, 3.05) is 30.9 Å². The average molecular weight is 414 g/mol. The van der Waals surface area contributed by atoms with Crippen LogP contribution in [0.5, 0.6) is 0 Å². The van der Waals surface area contributed by atoms with Gasteiger partial charge >= 0.3 is 0 Å². The molecule has 1 saturated carbocycles. The summed E-state index contributed by atoms with van der Waals surface area (Å²) in [6.07, 6.45) is 6.34. The Hall–Kier alpha value is -2.59. The van der Waals surface area contributed by atoms with Gasteiger partial charge in [0.1, 0.15) is 5.82 Å². The number of aromatic amines is 1. The van der Waals surface area contributed by atoms with Crippen molar-refractivity contribution in [3.05, 3.63) is 30.2 Å². The van der Waals surface area contributed by atoms with E-state index in [-0.39, 0.29) is 6.04 Å². The summed E-state index contributed by atoms with van der Waals surface area (Å²) in [5.74, 6) is 1.32. The first-order valence-corrected chi connectivity index (χ1v) is 11.6. The molecule has 1 aliphatic heterocycles. The van der Waals surface area contributed by atoms with Gasteiger partial charge in [0.2, 0.25) is 0 Å². The molecule has 9 nitrogen and oxygen atoms in total. The van der Waals surface area contributed by atoms with E-state index in [0.717, 1.165) is 23.3 Å². The highest BCUT2D eigenvalue weighted by molar-refractivity contribution is 7.92. The smallest absolute Gasteiger partial charge is 0.162 e. The van der Waals surface area contributed by atoms with Crippen molar-refractivity contribution in [2.45, 2.75) is 30.6 Å². The average Bonchev–Trinajstić information content (AvgIpc) is 3.39. The van der Waals surface area contributed by atoms with E-state index >= 15 is 0 Å². The topological polar surface area (TPSA) is 121 Å². The van der Waals surface area contributed by atoms with Crippen LogP contribution in [-0.4, -0.2) is 61.4 Å². The van der Waals surface area contributed by atoms with Gasteiger partial charge in [-0.05, 0) is 25.8 Å². The van der Waals surface area contributed by atoms with Gasteiger partial charge in [0, 0.05) is 36.0 Å². The summed E-state index contributed by atoms with van der Waals surface area (Å²) in [4.78, 5) is 16.2. The molecule has 2 N–H and O–H groups in total. The fraction of sp³-hybridized carbons (Fsp3) is 0.474. The Morgan fingerprint density at radius 1 is 1.38 bits per heavy atom. The summed E-state index contributed by atoms with van der Waals surface area (Å²) < 4.78 is 26.0. The second-order valence-electron chi connectivity index (χ2n) is 7.88. The Balaban J connectivity index is 1.72. The van der Waals surface area contributed by atoms with Gasteiger partial charge in [0.05, 0.1) is 45.6 Å². The van der Waals surface area contributed by atoms with Gasteiger partial charge in [-0.2, -0.15) is 5.10 Å². The molecule has 2 fully saturated rings. The van der Waals surface area contributed by atoms with E-state index in [4.69, 9.17) is 19.5 Å². The van der Waals surface area contributed by atoms with Crippen LogP contribution in [0.15, 0.2) is 24.5 Å². The fourth-order valence-electron chi connectivity index (χ4n) is 4.01. The minimum Gasteiger partial charge on any atom is -0.377 e. The summed E-state index contributed by atoms with van der Waals surface area (Å²) in [7, 11) is -2.80. The third-order valence-corrected chi connectivity index (χ3v) is 7.99. The second kappa shape index (κ2) is 6.46. The SMILES string of the molecule is C[C@@H]1COCCN1c1cc(C2([S@](C)(=N)=O)CC2)nc(-c2ccnc3[nH]ncc23)n1. The Morgan fingerprint density at radius 2 is 2.21 bits per heavy atom. The zero-order valence-corrected chi connectivity index (χ0v) is 17.2. The van der Waals surface area contributed by atoms with Gasteiger partial charge in [-0.1, -0.05) is 0 Å². The number of H-pyrrole nitrogens is 1. The highest BCUT2D eigenvalue weighted by atomic mass is 32.2. The van der Waals surface area contributed by atoms with Crippen LogP contribution in [0.4, 0.5) is 5.82 Å². The molecule has 0 unspecified atom stereocenters. The number of nitrogens with one attached hydrogen (secondary N) is 2. The monoisotopic (exact) mass is 413 g/mol. The first-order chi connectivity index (χ1) is 13.9. The number of rotatable bonds is 4. The maximum atomic E-state index is 12.8. The number of hydrogen-bond donors (Lipinski definition) is 2. The van der Waals surface area contributed by atoms with Gasteiger partial charge < -0.3 is 9.64 Å². The van der Waals surface area contributed by atoms with Crippen LogP contribution in [-0.2, 0) is 19.2 Å². The van der Waals surface area contributed by atoms with Crippen LogP contribution in [0.25, 0.3) is 22.4 Å². The Labute approximate surface area is 168 Å². The van der Waals surface area contributed by atoms with Crippen LogP contribution in [0, 0.1) is 4.78 Å². The third kappa shape index (κ3) is 2.98. The molecule has 152 valence electrons. The van der Waals surface area contributed by atoms with Crippen molar-refractivity contribution < 1.29 is 8.95 Å². The summed E-state index contributed by atoms with van der Waals surface area (Å²) in [6, 6.07) is 3.96. The van der Waals surface area contributed by atoms with E-state index in [1.807, 2.05) is 12.1 Å². The Bertz CT molecular complexity index is 1190. The van der Waals surface area contributed by atoms with Gasteiger partial charge in [0.25, 0.3) is 0 Å². The van der Waals surface area contributed by atoms with E-state index in [9.17, 15) is 4.21 Å². The number of nitrogens with zero attached hydrogens (tertiary/aromatic N) is 5. The predicted octanol–water partition coefficient (Wildman–Crippen LogP) is 2.31. The molecule has 1 saturated heterocycles. The van der Waals surface area contributed by atoms with Crippen molar-refractivity contribution in [3.63, 3.8) is 0 Å². The van der Waals surface area contributed by atoms with Crippen molar-refractivity contribution >= 4 is 26.6 Å². The van der Waals surface area contributed by atoms with Crippen LogP contribution in [0.3, 0.4) is 0 Å². The standard InChI is InChI=1S/C19H23N7O2S/c1-12-11-28-8-7-26(12)16-9-15(19(4-5-19)29(2,20)27)23-18(24-16)13-3-6-21-17-14(13)10-22-25-17/h3,6,9-10,12,20H,4-5,7-8,11H2,1-2H3,(H,21,22,25)/t12-,29-/m1/s1. The molecule has 0 amide bonds. The molecular weight excluding hydrogens is 390 g/mol. The first-order valence-electron chi connectivity index (χ1n) is 9.65. The maximum absolute atomic E-state index is 12.8. The largest absolute Gasteiger partial charge is 0.377 e. The van der Waals surface area contributed by atoms with Crippen molar-refractivity contribution in [1.29, 1.82) is 4.78 Å². The number of pyridine rings is 1. The van der Waals surface area contributed by atoms with Crippen LogP contribution in [0.2, 0.25) is 0 Å². The molecule has 0 bridgehead atoms. The Morgan fingerprint density at radius 3 is 2.93 bits per heavy atom. The summed E-state index contributed by atoms with van der Waals surface area (Å²) in [5.41, 5.74) is 2.17. The molecule has 5 rings (SSSR count). The van der Waals surface area contributed by atoms with Gasteiger partial charge in [-0.15, -0.1) is 0 Å². The number of ether oxygens (including phenoxy) is 1. The molecular formula is C19H23N7O2S. The number of fused-ring (bicyclic) bond motifs is 1. The third-order valence-electron chi connectivity index (χ3n) is 5.89. The molecule has 2 atom stereocenters. The lowest BCUT2D eigenvalue weighted by Gasteiger charge is -2.34. The van der Waals surface area contributed by atoms with E-state index in [0.29, 0.717) is 43.2 Å². The molecule has 4 heterocycles. The fourth-order valence-corrected chi connectivity index (χ4v) is 5.39. The van der Waals surface area contributed by atoms with Crippen molar-refractivity contribution in [3.8, 4) is 11.4 Å². The lowest BCUT2D eigenvalue weighted by Crippen LogP contribution is -2.44. The zero-order valence-electron chi connectivity index (χ0n) is 16.4. The molecule has 3 aromatic heterocycles. The lowest BCUT2D eigenvalue weighted by molar-refractivity contribution is 0.0985. The Kier molecular flexibility index (Phi) is 4.11. The van der Waals surface area contributed by atoms with Gasteiger partial charge in [-0.25, -0.2) is 19.2 Å². The first kappa shape index (κ1) is 18.4. The molecule has 0 spiro atoms. The summed E-state index contributed by atoms with van der Waals surface area (Å²) in [5, 5.41) is 7.80. The van der Waals surface area contributed by atoms with Crippen molar-refractivity contribution in [2.24, 2.45) is 0 Å². The zero-order chi connectivity index (χ0) is 20.2. The van der Waals surface area contributed by atoms with Crippen LogP contribution < -0.4 is 4.90 Å². The highest BCUT2D eigenvalue weighted by Gasteiger charge is 2.53. The molecule has 29 heavy (non-hydrogen) atoms. The number of aromatic nitrogens is 5. The van der Waals surface area contributed by atoms with Crippen LogP contribution >= 0.6 is 0 Å². The number of anilines is 1. The molecule has 0 aromatic carbocycles. The van der Waals surface area contributed by atoms with Crippen molar-refractivity contribution in [1.82, 2.24) is 25.1 Å². The van der Waals surface area contributed by atoms with E-state index < -0.39 is 14.5 Å². The molecule has 0 radical (unpaired) electrons. The molecule has 1 aliphatic carbocycles. The number of morpholine rings is 1. The van der Waals surface area contributed by atoms with E-state index in [2.05, 4.69) is 27.0 Å². The van der Waals surface area contributed by atoms with E-state index in [1.165, 1.54) is 6.26 Å². The minimum absolute atomic E-state index is 0.169. The van der Waals surface area contributed by atoms with Gasteiger partial charge in [-0.3, -0.25) is 9.88 Å². The van der Waals surface area contributed by atoms with Crippen LogP contribution in [0.1, 0.15) is 25.5 Å². The number of hydrogen-bond acceptors (Lipinski definition) is 8. The second-order valence-corrected chi connectivity index (χ2v) is 10.3. The molecule has 2 aliphatic rings. The summed E-state index contributed by atoms with van der Waals surface area (Å²) in [6.45, 7) is 4.09. The molecule has 10 heteroatoms. The quantitative estimate of drug-likeness (QED) is 0.673. The highest BCUT2D eigenvalue weighted by Crippen LogP contribution is 2.52. The maximum Gasteiger partial charge on any atom is 0.162 e. The normalized spacial score (nSPS) is 23.1. The predicted molar refractivity (Wildman–Crippen MR) is 110 cm³/mol. The summed E-state index contributed by atoms with van der Waals surface area (Å²) >= 11 is 0.